The average Bonchev–Trinajstić information content (AvgIpc) is 2.68. The van der Waals surface area contributed by atoms with Crippen LogP contribution in [0.25, 0.3) is 0 Å². The van der Waals surface area contributed by atoms with Crippen molar-refractivity contribution >= 4 is 23.0 Å². The van der Waals surface area contributed by atoms with Crippen molar-refractivity contribution in [3.8, 4) is 5.88 Å². The minimum absolute atomic E-state index is 0.0547. The first-order valence-corrected chi connectivity index (χ1v) is 9.13. The lowest BCUT2D eigenvalue weighted by Crippen LogP contribution is -2.20. The van der Waals surface area contributed by atoms with Gasteiger partial charge in [-0.1, -0.05) is 49.4 Å². The molecule has 0 saturated carbocycles. The molecular weight excluding hydrogens is 344 g/mol. The number of aromatic nitrogens is 2. The molecular formula is C20H22N4OS. The van der Waals surface area contributed by atoms with Crippen LogP contribution in [0.3, 0.4) is 0 Å². The van der Waals surface area contributed by atoms with Crippen molar-refractivity contribution in [1.29, 1.82) is 0 Å². The third-order valence-corrected chi connectivity index (χ3v) is 3.94. The van der Waals surface area contributed by atoms with Gasteiger partial charge in [-0.3, -0.25) is 0 Å². The maximum Gasteiger partial charge on any atom is 0.213 e. The number of hydrogen-bond acceptors (Lipinski definition) is 3. The Balaban J connectivity index is 1.85. The molecule has 0 radical (unpaired) electrons. The van der Waals surface area contributed by atoms with Crippen molar-refractivity contribution in [3.63, 3.8) is 0 Å². The standard InChI is InChI=1S/C20H22N4OS/c1-2-13-25-19-14-17(15-21-24(19)18-11-7-4-8-12-18)23-20(26)22-16-9-5-3-6-10-16/h3,5-12,14-15,18H,2,4,13H2,1H3,(H,22,26). The summed E-state index contributed by atoms with van der Waals surface area (Å²) in [4.78, 5) is 4.44. The monoisotopic (exact) mass is 366 g/mol. The molecule has 0 spiro atoms. The van der Waals surface area contributed by atoms with Crippen molar-refractivity contribution in [2.24, 2.45) is 4.99 Å². The summed E-state index contributed by atoms with van der Waals surface area (Å²) in [5.41, 5.74) is 0.903. The number of hydrogen-bond donors (Lipinski definition) is 1. The number of rotatable bonds is 5. The van der Waals surface area contributed by atoms with Crippen LogP contribution >= 0.6 is 12.2 Å². The molecule has 1 aromatic heterocycles. The van der Waals surface area contributed by atoms with Crippen LogP contribution in [0.5, 0.6) is 5.88 Å². The van der Waals surface area contributed by atoms with E-state index in [1.165, 1.54) is 0 Å². The van der Waals surface area contributed by atoms with Gasteiger partial charge in [0.05, 0.1) is 24.2 Å². The summed E-state index contributed by atoms with van der Waals surface area (Å²) in [6.45, 7) is 2.70. The number of allylic oxidation sites excluding steroid dienone is 4. The van der Waals surface area contributed by atoms with Gasteiger partial charge >= 0.3 is 0 Å². The number of ether oxygens (including phenoxy) is 1. The second-order valence-electron chi connectivity index (χ2n) is 5.84. The van der Waals surface area contributed by atoms with Crippen LogP contribution in [-0.4, -0.2) is 21.5 Å². The largest absolute Gasteiger partial charge is 0.478 e. The molecule has 1 aliphatic carbocycles. The van der Waals surface area contributed by atoms with Gasteiger partial charge in [-0.2, -0.15) is 5.10 Å². The van der Waals surface area contributed by atoms with E-state index in [9.17, 15) is 0 Å². The second kappa shape index (κ2) is 9.10. The molecule has 0 saturated heterocycles. The molecule has 1 heterocycles. The van der Waals surface area contributed by atoms with Gasteiger partial charge in [0.1, 0.15) is 0 Å². The third-order valence-electron chi connectivity index (χ3n) is 3.74. The lowest BCUT2D eigenvalue weighted by molar-refractivity contribution is 0.276. The zero-order valence-corrected chi connectivity index (χ0v) is 15.5. The summed E-state index contributed by atoms with van der Waals surface area (Å²) in [6, 6.07) is 11.7. The molecule has 0 bridgehead atoms. The Hall–Kier alpha value is -2.73. The highest BCUT2D eigenvalue weighted by Gasteiger charge is 2.11. The number of thiocarbonyl (C=S) groups is 1. The first-order valence-electron chi connectivity index (χ1n) is 8.72. The highest BCUT2D eigenvalue weighted by molar-refractivity contribution is 7.80. The molecule has 0 unspecified atom stereocenters. The second-order valence-corrected chi connectivity index (χ2v) is 6.22. The molecule has 0 fully saturated rings. The van der Waals surface area contributed by atoms with E-state index in [0.29, 0.717) is 23.0 Å². The molecule has 6 heteroatoms. The Kier molecular flexibility index (Phi) is 6.33. The number of anilines is 1. The van der Waals surface area contributed by atoms with E-state index in [2.05, 4.69) is 46.6 Å². The molecule has 3 rings (SSSR count). The summed E-state index contributed by atoms with van der Waals surface area (Å²) < 4.78 is 7.74. The Labute approximate surface area is 158 Å². The van der Waals surface area contributed by atoms with E-state index in [0.717, 1.165) is 18.5 Å². The summed E-state index contributed by atoms with van der Waals surface area (Å²) in [7, 11) is 0. The lowest BCUT2D eigenvalue weighted by atomic mass is 10.1. The fourth-order valence-electron chi connectivity index (χ4n) is 2.54. The van der Waals surface area contributed by atoms with Gasteiger partial charge in [-0.15, -0.1) is 0 Å². The van der Waals surface area contributed by atoms with E-state index >= 15 is 0 Å². The molecule has 5 nitrogen and oxygen atoms in total. The first-order chi connectivity index (χ1) is 12.8. The van der Waals surface area contributed by atoms with Gasteiger partial charge in [0, 0.05) is 11.8 Å². The van der Waals surface area contributed by atoms with E-state index in [4.69, 9.17) is 17.0 Å². The molecule has 1 aliphatic rings. The van der Waals surface area contributed by atoms with Gasteiger partial charge in [0.25, 0.3) is 0 Å². The van der Waals surface area contributed by atoms with Crippen molar-refractivity contribution in [3.05, 3.63) is 72.3 Å². The average molecular weight is 366 g/mol. The number of nitrogens with zero attached hydrogens (tertiary/aromatic N) is 3. The fraction of sp³-hybridized carbons (Fsp3) is 0.250. The quantitative estimate of drug-likeness (QED) is 0.641. The van der Waals surface area contributed by atoms with Crippen molar-refractivity contribution in [2.75, 3.05) is 11.9 Å². The van der Waals surface area contributed by atoms with Gasteiger partial charge in [0.2, 0.25) is 5.88 Å². The summed E-state index contributed by atoms with van der Waals surface area (Å²) in [5.74, 6) is 0.678. The Morgan fingerprint density at radius 2 is 2.08 bits per heavy atom. The smallest absolute Gasteiger partial charge is 0.213 e. The fourth-order valence-corrected chi connectivity index (χ4v) is 2.76. The van der Waals surface area contributed by atoms with Crippen LogP contribution in [0, 0.1) is 0 Å². The summed E-state index contributed by atoms with van der Waals surface area (Å²) >= 11 is 5.33. The minimum Gasteiger partial charge on any atom is -0.478 e. The number of nitrogens with one attached hydrogen (secondary N) is 1. The van der Waals surface area contributed by atoms with Gasteiger partial charge in [0.15, 0.2) is 5.11 Å². The van der Waals surface area contributed by atoms with Crippen LogP contribution in [0.15, 0.2) is 71.9 Å². The summed E-state index contributed by atoms with van der Waals surface area (Å²) in [5, 5.41) is 8.66. The molecule has 26 heavy (non-hydrogen) atoms. The Morgan fingerprint density at radius 3 is 2.81 bits per heavy atom. The van der Waals surface area contributed by atoms with E-state index < -0.39 is 0 Å². The van der Waals surface area contributed by atoms with E-state index in [-0.39, 0.29) is 6.04 Å². The zero-order valence-electron chi connectivity index (χ0n) is 14.7. The van der Waals surface area contributed by atoms with Crippen LogP contribution in [0.4, 0.5) is 5.69 Å². The summed E-state index contributed by atoms with van der Waals surface area (Å²) in [6.07, 6.45) is 12.1. The highest BCUT2D eigenvalue weighted by Crippen LogP contribution is 2.20. The maximum atomic E-state index is 5.89. The van der Waals surface area contributed by atoms with Gasteiger partial charge in [-0.25, -0.2) is 9.67 Å². The Morgan fingerprint density at radius 1 is 1.31 bits per heavy atom. The van der Waals surface area contributed by atoms with Gasteiger partial charge in [-0.05, 0) is 37.2 Å². The molecule has 134 valence electrons. The minimum atomic E-state index is 0.0547. The Bertz CT molecular complexity index is 859. The predicted octanol–water partition coefficient (Wildman–Crippen LogP) is 4.03. The highest BCUT2D eigenvalue weighted by atomic mass is 32.1. The molecule has 0 aliphatic heterocycles. The third kappa shape index (κ3) is 4.89. The van der Waals surface area contributed by atoms with E-state index in [1.807, 2.05) is 41.1 Å². The SMILES string of the molecule is CCCOc1cc(=NC(=S)Nc2ccccc2)cnn1C1C=CCC=C1. The molecule has 0 atom stereocenters. The molecule has 0 amide bonds. The van der Waals surface area contributed by atoms with Gasteiger partial charge < -0.3 is 10.1 Å². The molecule has 1 aromatic carbocycles. The molecule has 2 aromatic rings. The van der Waals surface area contributed by atoms with Crippen LogP contribution in [-0.2, 0) is 0 Å². The van der Waals surface area contributed by atoms with Crippen LogP contribution < -0.4 is 15.4 Å². The normalized spacial score (nSPS) is 14.4. The first kappa shape index (κ1) is 18.1. The van der Waals surface area contributed by atoms with Crippen molar-refractivity contribution in [1.82, 2.24) is 9.78 Å². The van der Waals surface area contributed by atoms with Crippen LogP contribution in [0.1, 0.15) is 25.8 Å². The maximum absolute atomic E-state index is 5.89. The lowest BCUT2D eigenvalue weighted by Gasteiger charge is -2.18. The number of para-hydroxylation sites is 1. The predicted molar refractivity (Wildman–Crippen MR) is 108 cm³/mol. The van der Waals surface area contributed by atoms with Crippen molar-refractivity contribution in [2.45, 2.75) is 25.8 Å². The number of benzene rings is 1. The molecule has 1 N–H and O–H groups in total. The zero-order chi connectivity index (χ0) is 18.2. The van der Waals surface area contributed by atoms with E-state index in [1.54, 1.807) is 6.20 Å². The topological polar surface area (TPSA) is 51.4 Å². The van der Waals surface area contributed by atoms with Crippen molar-refractivity contribution < 1.29 is 4.74 Å². The van der Waals surface area contributed by atoms with Crippen LogP contribution in [0.2, 0.25) is 0 Å².